The van der Waals surface area contributed by atoms with E-state index in [1.54, 1.807) is 0 Å². The summed E-state index contributed by atoms with van der Waals surface area (Å²) >= 11 is 0. The monoisotopic (exact) mass is 248 g/mol. The largest absolute Gasteiger partial charge is 0.465 e. The van der Waals surface area contributed by atoms with Crippen LogP contribution in [0.5, 0.6) is 0 Å². The Labute approximate surface area is 107 Å². The lowest BCUT2D eigenvalue weighted by molar-refractivity contribution is 0.186. The number of amides is 1. The van der Waals surface area contributed by atoms with Crippen LogP contribution in [0.15, 0.2) is 12.3 Å². The molecular formula is C14H20N2O2. The van der Waals surface area contributed by atoms with Crippen LogP contribution in [0.3, 0.4) is 0 Å². The molecule has 4 nitrogen and oxygen atoms in total. The number of aromatic nitrogens is 1. The predicted molar refractivity (Wildman–Crippen MR) is 69.7 cm³/mol. The molecule has 0 aromatic carbocycles. The Kier molecular flexibility index (Phi) is 3.84. The molecule has 1 amide bonds. The highest BCUT2D eigenvalue weighted by atomic mass is 16.4. The molecule has 2 rings (SSSR count). The van der Waals surface area contributed by atoms with Crippen LogP contribution in [0.4, 0.5) is 4.79 Å². The van der Waals surface area contributed by atoms with E-state index in [4.69, 9.17) is 5.11 Å². The van der Waals surface area contributed by atoms with Gasteiger partial charge in [-0.05, 0) is 56.2 Å². The topological polar surface area (TPSA) is 62.2 Å². The van der Waals surface area contributed by atoms with E-state index in [-0.39, 0.29) is 6.04 Å². The molecular weight excluding hydrogens is 228 g/mol. The summed E-state index contributed by atoms with van der Waals surface area (Å²) in [6.07, 6.45) is 5.05. The van der Waals surface area contributed by atoms with Crippen LogP contribution in [0, 0.1) is 19.8 Å². The maximum Gasteiger partial charge on any atom is 0.404 e. The molecule has 2 atom stereocenters. The van der Waals surface area contributed by atoms with E-state index in [0.717, 1.165) is 31.4 Å². The second kappa shape index (κ2) is 5.38. The van der Waals surface area contributed by atoms with E-state index in [2.05, 4.69) is 23.3 Å². The molecule has 2 unspecified atom stereocenters. The van der Waals surface area contributed by atoms with Gasteiger partial charge >= 0.3 is 6.09 Å². The Morgan fingerprint density at radius 3 is 3.00 bits per heavy atom. The molecule has 0 aliphatic heterocycles. The predicted octanol–water partition coefficient (Wildman–Crippen LogP) is 2.68. The zero-order valence-electron chi connectivity index (χ0n) is 10.9. The van der Waals surface area contributed by atoms with Crippen molar-refractivity contribution in [2.45, 2.75) is 45.6 Å². The summed E-state index contributed by atoms with van der Waals surface area (Å²) < 4.78 is 0. The van der Waals surface area contributed by atoms with Crippen LogP contribution in [0.25, 0.3) is 0 Å². The summed E-state index contributed by atoms with van der Waals surface area (Å²) in [5.74, 6) is 0.418. The summed E-state index contributed by atoms with van der Waals surface area (Å²) in [5, 5.41) is 11.5. The Morgan fingerprint density at radius 1 is 1.50 bits per heavy atom. The van der Waals surface area contributed by atoms with Crippen LogP contribution >= 0.6 is 0 Å². The van der Waals surface area contributed by atoms with E-state index in [0.29, 0.717) is 5.92 Å². The number of carboxylic acid groups (broad SMARTS) is 1. The quantitative estimate of drug-likeness (QED) is 0.864. The fraction of sp³-hybridized carbons (Fsp3) is 0.571. The van der Waals surface area contributed by atoms with Gasteiger partial charge in [0.2, 0.25) is 0 Å². The number of rotatable bonds is 3. The van der Waals surface area contributed by atoms with Crippen molar-refractivity contribution < 1.29 is 9.90 Å². The second-order valence-electron chi connectivity index (χ2n) is 5.13. The number of carbonyl (C=O) groups is 1. The van der Waals surface area contributed by atoms with Gasteiger partial charge in [-0.15, -0.1) is 0 Å². The molecule has 1 aromatic heterocycles. The van der Waals surface area contributed by atoms with Crippen molar-refractivity contribution in [3.63, 3.8) is 0 Å². The zero-order chi connectivity index (χ0) is 13.1. The van der Waals surface area contributed by atoms with Gasteiger partial charge in [0.05, 0.1) is 0 Å². The minimum atomic E-state index is -0.908. The van der Waals surface area contributed by atoms with Crippen molar-refractivity contribution in [2.75, 3.05) is 0 Å². The Morgan fingerprint density at radius 2 is 2.28 bits per heavy atom. The summed E-state index contributed by atoms with van der Waals surface area (Å²) in [7, 11) is 0. The number of hydrogen-bond acceptors (Lipinski definition) is 2. The lowest BCUT2D eigenvalue weighted by Gasteiger charge is -2.20. The molecule has 1 aromatic rings. The third-order valence-electron chi connectivity index (χ3n) is 4.02. The maximum atomic E-state index is 10.8. The number of pyridine rings is 1. The SMILES string of the molecule is Cc1nccc(CC2CCCC2NC(=O)O)c1C. The normalized spacial score (nSPS) is 23.0. The average molecular weight is 248 g/mol. The van der Waals surface area contributed by atoms with Gasteiger partial charge in [-0.1, -0.05) is 6.42 Å². The van der Waals surface area contributed by atoms with Gasteiger partial charge in [0.25, 0.3) is 0 Å². The summed E-state index contributed by atoms with van der Waals surface area (Å²) in [5.41, 5.74) is 3.60. The third kappa shape index (κ3) is 2.81. The third-order valence-corrected chi connectivity index (χ3v) is 4.02. The van der Waals surface area contributed by atoms with Gasteiger partial charge in [0.1, 0.15) is 0 Å². The molecule has 4 heteroatoms. The lowest BCUT2D eigenvalue weighted by Crippen LogP contribution is -2.37. The fourth-order valence-electron chi connectivity index (χ4n) is 2.83. The van der Waals surface area contributed by atoms with Crippen molar-refractivity contribution in [3.05, 3.63) is 29.1 Å². The van der Waals surface area contributed by atoms with Gasteiger partial charge in [0, 0.05) is 17.9 Å². The van der Waals surface area contributed by atoms with Crippen LogP contribution in [-0.4, -0.2) is 22.2 Å². The molecule has 1 aliphatic carbocycles. The number of hydrogen-bond donors (Lipinski definition) is 2. The minimum absolute atomic E-state index is 0.107. The van der Waals surface area contributed by atoms with Crippen LogP contribution in [0.1, 0.15) is 36.1 Å². The highest BCUT2D eigenvalue weighted by Gasteiger charge is 2.28. The highest BCUT2D eigenvalue weighted by Crippen LogP contribution is 2.29. The molecule has 0 saturated heterocycles. The molecule has 0 bridgehead atoms. The van der Waals surface area contributed by atoms with Crippen LogP contribution in [-0.2, 0) is 6.42 Å². The van der Waals surface area contributed by atoms with E-state index in [9.17, 15) is 4.79 Å². The summed E-state index contributed by atoms with van der Waals surface area (Å²) in [6.45, 7) is 4.10. The first kappa shape index (κ1) is 12.9. The molecule has 1 fully saturated rings. The van der Waals surface area contributed by atoms with Gasteiger partial charge < -0.3 is 10.4 Å². The molecule has 1 heterocycles. The van der Waals surface area contributed by atoms with Crippen molar-refractivity contribution in [1.82, 2.24) is 10.3 Å². The smallest absolute Gasteiger partial charge is 0.404 e. The lowest BCUT2D eigenvalue weighted by atomic mass is 9.92. The van der Waals surface area contributed by atoms with Gasteiger partial charge in [-0.3, -0.25) is 4.98 Å². The molecule has 1 saturated carbocycles. The van der Waals surface area contributed by atoms with E-state index >= 15 is 0 Å². The Balaban J connectivity index is 2.08. The van der Waals surface area contributed by atoms with E-state index in [1.165, 1.54) is 11.1 Å². The molecule has 2 N–H and O–H groups in total. The number of aryl methyl sites for hydroxylation is 1. The first-order valence-electron chi connectivity index (χ1n) is 6.48. The Bertz CT molecular complexity index is 445. The van der Waals surface area contributed by atoms with Crippen molar-refractivity contribution in [2.24, 2.45) is 5.92 Å². The van der Waals surface area contributed by atoms with E-state index < -0.39 is 6.09 Å². The molecule has 98 valence electrons. The molecule has 1 aliphatic rings. The van der Waals surface area contributed by atoms with Gasteiger partial charge in [-0.2, -0.15) is 0 Å². The molecule has 0 spiro atoms. The molecule has 0 radical (unpaired) electrons. The highest BCUT2D eigenvalue weighted by molar-refractivity contribution is 5.64. The zero-order valence-corrected chi connectivity index (χ0v) is 10.9. The van der Waals surface area contributed by atoms with Crippen LogP contribution in [0.2, 0.25) is 0 Å². The minimum Gasteiger partial charge on any atom is -0.465 e. The van der Waals surface area contributed by atoms with Crippen molar-refractivity contribution >= 4 is 6.09 Å². The summed E-state index contributed by atoms with van der Waals surface area (Å²) in [6, 6.07) is 2.16. The molecule has 18 heavy (non-hydrogen) atoms. The number of nitrogens with one attached hydrogen (secondary N) is 1. The van der Waals surface area contributed by atoms with Crippen LogP contribution < -0.4 is 5.32 Å². The fourth-order valence-corrected chi connectivity index (χ4v) is 2.83. The van der Waals surface area contributed by atoms with Crippen molar-refractivity contribution in [1.29, 1.82) is 0 Å². The summed E-state index contributed by atoms with van der Waals surface area (Å²) in [4.78, 5) is 15.0. The van der Waals surface area contributed by atoms with Gasteiger partial charge in [0.15, 0.2) is 0 Å². The standard InChI is InChI=1S/C14H20N2O2/c1-9-10(2)15-7-6-11(9)8-12-4-3-5-13(12)16-14(17)18/h6-7,12-13,16H,3-5,8H2,1-2H3,(H,17,18). The maximum absolute atomic E-state index is 10.8. The second-order valence-corrected chi connectivity index (χ2v) is 5.13. The van der Waals surface area contributed by atoms with Gasteiger partial charge in [-0.25, -0.2) is 4.79 Å². The Hall–Kier alpha value is -1.58. The van der Waals surface area contributed by atoms with E-state index in [1.807, 2.05) is 13.1 Å². The first-order valence-corrected chi connectivity index (χ1v) is 6.48. The number of nitrogens with zero attached hydrogens (tertiary/aromatic N) is 1. The first-order chi connectivity index (χ1) is 8.58. The van der Waals surface area contributed by atoms with Crippen molar-refractivity contribution in [3.8, 4) is 0 Å². The average Bonchev–Trinajstić information content (AvgIpc) is 2.72.